The number of aromatic nitrogens is 1. The summed E-state index contributed by atoms with van der Waals surface area (Å²) in [6.07, 6.45) is 2.93. The first-order valence-electron chi connectivity index (χ1n) is 6.97. The molecule has 0 spiro atoms. The molecule has 7 heteroatoms. The van der Waals surface area contributed by atoms with Gasteiger partial charge < -0.3 is 14.5 Å². The average Bonchev–Trinajstić information content (AvgIpc) is 3.10. The summed E-state index contributed by atoms with van der Waals surface area (Å²) in [7, 11) is 0. The molecule has 3 rings (SSSR count). The Kier molecular flexibility index (Phi) is 4.51. The van der Waals surface area contributed by atoms with Gasteiger partial charge in [-0.2, -0.15) is 8.78 Å². The van der Waals surface area contributed by atoms with Gasteiger partial charge in [0.2, 0.25) is 0 Å². The SMILES string of the molecule is O=C(Nc1ccc(-c2cnco2)cc1)c1ccc(OC(F)F)cc1. The van der Waals surface area contributed by atoms with Crippen LogP contribution in [-0.4, -0.2) is 17.5 Å². The molecule has 0 aliphatic carbocycles. The van der Waals surface area contributed by atoms with Crippen LogP contribution in [0.15, 0.2) is 65.5 Å². The number of amides is 1. The van der Waals surface area contributed by atoms with Crippen molar-refractivity contribution >= 4 is 11.6 Å². The highest BCUT2D eigenvalue weighted by Gasteiger charge is 2.09. The van der Waals surface area contributed by atoms with Crippen LogP contribution < -0.4 is 10.1 Å². The Morgan fingerprint density at radius 3 is 2.38 bits per heavy atom. The van der Waals surface area contributed by atoms with Gasteiger partial charge in [-0.3, -0.25) is 4.79 Å². The first-order chi connectivity index (χ1) is 11.6. The molecule has 0 radical (unpaired) electrons. The Bertz CT molecular complexity index is 801. The molecule has 1 heterocycles. The third-order valence-electron chi connectivity index (χ3n) is 3.20. The van der Waals surface area contributed by atoms with E-state index in [2.05, 4.69) is 15.0 Å². The van der Waals surface area contributed by atoms with Crippen LogP contribution in [0.2, 0.25) is 0 Å². The zero-order chi connectivity index (χ0) is 16.9. The number of hydrogen-bond acceptors (Lipinski definition) is 4. The Morgan fingerprint density at radius 1 is 1.08 bits per heavy atom. The molecular formula is C17H12F2N2O3. The van der Waals surface area contributed by atoms with Gasteiger partial charge in [-0.15, -0.1) is 0 Å². The lowest BCUT2D eigenvalue weighted by atomic mass is 10.1. The summed E-state index contributed by atoms with van der Waals surface area (Å²) in [4.78, 5) is 16.0. The van der Waals surface area contributed by atoms with E-state index in [4.69, 9.17) is 4.42 Å². The minimum atomic E-state index is -2.90. The summed E-state index contributed by atoms with van der Waals surface area (Å²) in [5, 5.41) is 2.72. The largest absolute Gasteiger partial charge is 0.444 e. The molecular weight excluding hydrogens is 318 g/mol. The Hall–Kier alpha value is -3.22. The molecule has 0 unspecified atom stereocenters. The predicted molar refractivity (Wildman–Crippen MR) is 83.0 cm³/mol. The van der Waals surface area contributed by atoms with E-state index in [1.807, 2.05) is 0 Å². The number of nitrogens with one attached hydrogen (secondary N) is 1. The number of nitrogens with zero attached hydrogens (tertiary/aromatic N) is 1. The van der Waals surface area contributed by atoms with E-state index < -0.39 is 6.61 Å². The van der Waals surface area contributed by atoms with Gasteiger partial charge >= 0.3 is 6.61 Å². The van der Waals surface area contributed by atoms with Crippen LogP contribution in [0.4, 0.5) is 14.5 Å². The maximum absolute atomic E-state index is 12.1. The van der Waals surface area contributed by atoms with E-state index in [1.165, 1.54) is 30.7 Å². The molecule has 3 aromatic rings. The van der Waals surface area contributed by atoms with Crippen molar-refractivity contribution in [3.63, 3.8) is 0 Å². The van der Waals surface area contributed by atoms with Crippen molar-refractivity contribution in [3.8, 4) is 17.1 Å². The van der Waals surface area contributed by atoms with Gasteiger partial charge in [0.25, 0.3) is 5.91 Å². The highest BCUT2D eigenvalue weighted by atomic mass is 19.3. The van der Waals surface area contributed by atoms with E-state index in [0.717, 1.165) is 5.56 Å². The first kappa shape index (κ1) is 15.7. The second-order valence-electron chi connectivity index (χ2n) is 4.80. The molecule has 0 fully saturated rings. The highest BCUT2D eigenvalue weighted by molar-refractivity contribution is 6.04. The smallest absolute Gasteiger partial charge is 0.387 e. The van der Waals surface area contributed by atoms with Crippen molar-refractivity contribution in [2.24, 2.45) is 0 Å². The molecule has 0 saturated carbocycles. The fourth-order valence-electron chi connectivity index (χ4n) is 2.07. The lowest BCUT2D eigenvalue weighted by Gasteiger charge is -2.07. The third-order valence-corrected chi connectivity index (χ3v) is 3.20. The van der Waals surface area contributed by atoms with Gasteiger partial charge in [0.1, 0.15) is 5.75 Å². The van der Waals surface area contributed by atoms with Crippen molar-refractivity contribution in [1.82, 2.24) is 4.98 Å². The molecule has 1 N–H and O–H groups in total. The summed E-state index contributed by atoms with van der Waals surface area (Å²) >= 11 is 0. The van der Waals surface area contributed by atoms with Crippen molar-refractivity contribution < 1.29 is 22.7 Å². The summed E-state index contributed by atoms with van der Waals surface area (Å²) in [6.45, 7) is -2.90. The molecule has 0 aliphatic rings. The molecule has 1 amide bonds. The molecule has 0 saturated heterocycles. The lowest BCUT2D eigenvalue weighted by molar-refractivity contribution is -0.0498. The number of carbonyl (C=O) groups excluding carboxylic acids is 1. The molecule has 0 atom stereocenters. The number of alkyl halides is 2. The zero-order valence-electron chi connectivity index (χ0n) is 12.3. The summed E-state index contributed by atoms with van der Waals surface area (Å²) in [5.41, 5.74) is 1.76. The van der Waals surface area contributed by atoms with Crippen LogP contribution in [0.3, 0.4) is 0 Å². The minimum absolute atomic E-state index is 0.00189. The molecule has 122 valence electrons. The van der Waals surface area contributed by atoms with Crippen molar-refractivity contribution in [2.75, 3.05) is 5.32 Å². The summed E-state index contributed by atoms with van der Waals surface area (Å²) in [6, 6.07) is 12.5. The van der Waals surface area contributed by atoms with Gasteiger partial charge in [-0.1, -0.05) is 0 Å². The Balaban J connectivity index is 1.66. The minimum Gasteiger partial charge on any atom is -0.444 e. The van der Waals surface area contributed by atoms with Gasteiger partial charge in [-0.25, -0.2) is 4.98 Å². The maximum atomic E-state index is 12.1. The molecule has 0 aliphatic heterocycles. The van der Waals surface area contributed by atoms with Crippen LogP contribution in [0.1, 0.15) is 10.4 Å². The highest BCUT2D eigenvalue weighted by Crippen LogP contribution is 2.21. The normalized spacial score (nSPS) is 10.6. The van der Waals surface area contributed by atoms with Crippen molar-refractivity contribution in [2.45, 2.75) is 6.61 Å². The van der Waals surface area contributed by atoms with Crippen LogP contribution in [0.5, 0.6) is 5.75 Å². The number of benzene rings is 2. The third kappa shape index (κ3) is 3.75. The summed E-state index contributed by atoms with van der Waals surface area (Å²) in [5.74, 6) is 0.270. The van der Waals surface area contributed by atoms with Gasteiger partial charge in [0.15, 0.2) is 12.2 Å². The van der Waals surface area contributed by atoms with E-state index >= 15 is 0 Å². The quantitative estimate of drug-likeness (QED) is 0.761. The Labute approximate surface area is 135 Å². The second-order valence-corrected chi connectivity index (χ2v) is 4.80. The molecule has 2 aromatic carbocycles. The van der Waals surface area contributed by atoms with Gasteiger partial charge in [0.05, 0.1) is 6.20 Å². The predicted octanol–water partition coefficient (Wildman–Crippen LogP) is 4.20. The molecule has 24 heavy (non-hydrogen) atoms. The average molecular weight is 330 g/mol. The van der Waals surface area contributed by atoms with Crippen molar-refractivity contribution in [1.29, 1.82) is 0 Å². The summed E-state index contributed by atoms with van der Waals surface area (Å²) < 4.78 is 33.6. The van der Waals surface area contributed by atoms with E-state index in [0.29, 0.717) is 17.0 Å². The number of hydrogen-bond donors (Lipinski definition) is 1. The van der Waals surface area contributed by atoms with Crippen LogP contribution in [-0.2, 0) is 0 Å². The van der Waals surface area contributed by atoms with Crippen LogP contribution in [0.25, 0.3) is 11.3 Å². The molecule has 0 bridgehead atoms. The van der Waals surface area contributed by atoms with E-state index in [-0.39, 0.29) is 11.7 Å². The number of carbonyl (C=O) groups is 1. The van der Waals surface area contributed by atoms with Crippen LogP contribution in [0, 0.1) is 0 Å². The lowest BCUT2D eigenvalue weighted by Crippen LogP contribution is -2.11. The fraction of sp³-hybridized carbons (Fsp3) is 0.0588. The first-order valence-corrected chi connectivity index (χ1v) is 6.97. The topological polar surface area (TPSA) is 64.4 Å². The standard InChI is InChI=1S/C17H12F2N2O3/c18-17(19)24-14-7-3-12(4-8-14)16(22)21-13-5-1-11(2-6-13)15-9-20-10-23-15/h1-10,17H,(H,21,22). The van der Waals surface area contributed by atoms with Gasteiger partial charge in [-0.05, 0) is 48.5 Å². The maximum Gasteiger partial charge on any atom is 0.387 e. The van der Waals surface area contributed by atoms with Crippen LogP contribution >= 0.6 is 0 Å². The fourth-order valence-corrected chi connectivity index (χ4v) is 2.07. The molecule has 1 aromatic heterocycles. The number of anilines is 1. The number of halogens is 2. The second kappa shape index (κ2) is 6.91. The molecule has 5 nitrogen and oxygen atoms in total. The van der Waals surface area contributed by atoms with Crippen molar-refractivity contribution in [3.05, 3.63) is 66.7 Å². The Morgan fingerprint density at radius 2 is 1.79 bits per heavy atom. The van der Waals surface area contributed by atoms with E-state index in [1.54, 1.807) is 30.5 Å². The zero-order valence-corrected chi connectivity index (χ0v) is 12.3. The number of oxazole rings is 1. The van der Waals surface area contributed by atoms with Gasteiger partial charge in [0, 0.05) is 16.8 Å². The number of rotatable bonds is 5. The monoisotopic (exact) mass is 330 g/mol. The van der Waals surface area contributed by atoms with E-state index in [9.17, 15) is 13.6 Å². The number of ether oxygens (including phenoxy) is 1.